The molecule has 0 unspecified atom stereocenters. The van der Waals surface area contributed by atoms with Gasteiger partial charge in [-0.1, -0.05) is 23.7 Å². The predicted octanol–water partition coefficient (Wildman–Crippen LogP) is 3.95. The number of aromatic nitrogens is 3. The molecular formula is C20H26ClN7. The van der Waals surface area contributed by atoms with Gasteiger partial charge in [-0.15, -0.1) is 0 Å². The average Bonchev–Trinajstić information content (AvgIpc) is 2.75. The monoisotopic (exact) mass is 399 g/mol. The van der Waals surface area contributed by atoms with E-state index in [1.807, 2.05) is 24.3 Å². The second kappa shape index (κ2) is 9.19. The molecule has 2 saturated heterocycles. The second-order valence-corrected chi connectivity index (χ2v) is 7.72. The Hall–Kier alpha value is -2.41. The van der Waals surface area contributed by atoms with Gasteiger partial charge in [-0.3, -0.25) is 0 Å². The van der Waals surface area contributed by atoms with Crippen molar-refractivity contribution in [3.8, 4) is 0 Å². The SMILES string of the molecule is Clc1cccc(/C=N\Nc2nc(N3CCCCC3)nc(N3CCCCC3)n2)c1. The summed E-state index contributed by atoms with van der Waals surface area (Å²) in [5, 5.41) is 4.99. The molecule has 7 nitrogen and oxygen atoms in total. The number of halogens is 1. The zero-order valence-corrected chi connectivity index (χ0v) is 16.8. The number of hydrazone groups is 1. The lowest BCUT2D eigenvalue weighted by Gasteiger charge is -2.30. The van der Waals surface area contributed by atoms with E-state index in [-0.39, 0.29) is 0 Å². The summed E-state index contributed by atoms with van der Waals surface area (Å²) in [7, 11) is 0. The number of hydrogen-bond donors (Lipinski definition) is 1. The molecule has 148 valence electrons. The molecule has 2 fully saturated rings. The maximum absolute atomic E-state index is 6.03. The molecule has 0 bridgehead atoms. The molecule has 2 aliphatic rings. The van der Waals surface area contributed by atoms with E-state index in [1.54, 1.807) is 6.21 Å². The van der Waals surface area contributed by atoms with Crippen molar-refractivity contribution in [1.29, 1.82) is 0 Å². The van der Waals surface area contributed by atoms with E-state index in [9.17, 15) is 0 Å². The van der Waals surface area contributed by atoms with Crippen LogP contribution in [0.15, 0.2) is 29.4 Å². The van der Waals surface area contributed by atoms with Gasteiger partial charge in [-0.25, -0.2) is 5.43 Å². The van der Waals surface area contributed by atoms with Gasteiger partial charge in [0.25, 0.3) is 0 Å². The molecule has 0 atom stereocenters. The molecule has 28 heavy (non-hydrogen) atoms. The minimum atomic E-state index is 0.481. The predicted molar refractivity (Wildman–Crippen MR) is 115 cm³/mol. The number of rotatable bonds is 5. The molecule has 0 radical (unpaired) electrons. The summed E-state index contributed by atoms with van der Waals surface area (Å²) in [5.74, 6) is 1.97. The van der Waals surface area contributed by atoms with Gasteiger partial charge >= 0.3 is 0 Å². The Kier molecular flexibility index (Phi) is 6.21. The smallest absolute Gasteiger partial charge is 0.250 e. The maximum Gasteiger partial charge on any atom is 0.250 e. The van der Waals surface area contributed by atoms with Crippen LogP contribution in [0.4, 0.5) is 17.8 Å². The highest BCUT2D eigenvalue weighted by Crippen LogP contribution is 2.22. The third-order valence-electron chi connectivity index (χ3n) is 5.12. The van der Waals surface area contributed by atoms with E-state index in [4.69, 9.17) is 16.6 Å². The lowest BCUT2D eigenvalue weighted by atomic mass is 10.1. The van der Waals surface area contributed by atoms with Crippen molar-refractivity contribution in [3.63, 3.8) is 0 Å². The third kappa shape index (κ3) is 4.90. The van der Waals surface area contributed by atoms with Gasteiger partial charge in [0.2, 0.25) is 17.8 Å². The number of benzene rings is 1. The highest BCUT2D eigenvalue weighted by molar-refractivity contribution is 6.30. The molecule has 1 aromatic carbocycles. The zero-order valence-electron chi connectivity index (χ0n) is 16.0. The van der Waals surface area contributed by atoms with Gasteiger partial charge in [-0.05, 0) is 56.2 Å². The first kappa shape index (κ1) is 18.9. The molecule has 0 amide bonds. The molecular weight excluding hydrogens is 374 g/mol. The van der Waals surface area contributed by atoms with Crippen molar-refractivity contribution in [2.75, 3.05) is 41.4 Å². The normalized spacial score (nSPS) is 17.9. The summed E-state index contributed by atoms with van der Waals surface area (Å²) < 4.78 is 0. The lowest BCUT2D eigenvalue weighted by molar-refractivity contribution is 0.556. The van der Waals surface area contributed by atoms with Crippen LogP contribution in [0, 0.1) is 0 Å². The van der Waals surface area contributed by atoms with Gasteiger partial charge in [0.05, 0.1) is 6.21 Å². The van der Waals surface area contributed by atoms with E-state index in [2.05, 4.69) is 30.3 Å². The second-order valence-electron chi connectivity index (χ2n) is 7.28. The van der Waals surface area contributed by atoms with Crippen molar-refractivity contribution in [2.24, 2.45) is 5.10 Å². The molecule has 8 heteroatoms. The summed E-state index contributed by atoms with van der Waals surface area (Å²) in [6.45, 7) is 3.98. The topological polar surface area (TPSA) is 69.5 Å². The van der Waals surface area contributed by atoms with Gasteiger partial charge in [0, 0.05) is 31.2 Å². The van der Waals surface area contributed by atoms with Crippen molar-refractivity contribution in [1.82, 2.24) is 15.0 Å². The molecule has 0 saturated carbocycles. The van der Waals surface area contributed by atoms with Crippen molar-refractivity contribution < 1.29 is 0 Å². The van der Waals surface area contributed by atoms with E-state index in [0.29, 0.717) is 11.0 Å². The van der Waals surface area contributed by atoms with E-state index in [0.717, 1.165) is 43.6 Å². The number of hydrogen-bond acceptors (Lipinski definition) is 7. The minimum absolute atomic E-state index is 0.481. The van der Waals surface area contributed by atoms with Crippen LogP contribution in [0.25, 0.3) is 0 Å². The van der Waals surface area contributed by atoms with Crippen molar-refractivity contribution in [3.05, 3.63) is 34.9 Å². The molecule has 1 aromatic heterocycles. The standard InChI is InChI=1S/C20H26ClN7/c21-17-9-7-8-16(14-17)15-22-26-18-23-19(27-10-3-1-4-11-27)25-20(24-18)28-12-5-2-6-13-28/h7-9,14-15H,1-6,10-13H2,(H,23,24,25,26)/b22-15-. The van der Waals surface area contributed by atoms with Crippen LogP contribution >= 0.6 is 11.6 Å². The van der Waals surface area contributed by atoms with Gasteiger partial charge in [0.1, 0.15) is 0 Å². The first-order valence-electron chi connectivity index (χ1n) is 10.1. The fourth-order valence-corrected chi connectivity index (χ4v) is 3.82. The Bertz CT molecular complexity index is 778. The fourth-order valence-electron chi connectivity index (χ4n) is 3.63. The van der Waals surface area contributed by atoms with E-state index < -0.39 is 0 Å². The summed E-state index contributed by atoms with van der Waals surface area (Å²) in [6, 6.07) is 7.55. The number of nitrogens with one attached hydrogen (secondary N) is 1. The molecule has 2 aliphatic heterocycles. The van der Waals surface area contributed by atoms with E-state index in [1.165, 1.54) is 38.5 Å². The number of anilines is 3. The highest BCUT2D eigenvalue weighted by atomic mass is 35.5. The molecule has 0 aliphatic carbocycles. The third-order valence-corrected chi connectivity index (χ3v) is 5.35. The minimum Gasteiger partial charge on any atom is -0.341 e. The number of nitrogens with zero attached hydrogens (tertiary/aromatic N) is 6. The Morgan fingerprint density at radius 2 is 1.46 bits per heavy atom. The maximum atomic E-state index is 6.03. The number of piperidine rings is 2. The van der Waals surface area contributed by atoms with Crippen LogP contribution in [0.2, 0.25) is 5.02 Å². The Labute approximate surface area is 170 Å². The Balaban J connectivity index is 1.55. The van der Waals surface area contributed by atoms with Gasteiger partial charge in [-0.2, -0.15) is 20.1 Å². The quantitative estimate of drug-likeness (QED) is 0.606. The van der Waals surface area contributed by atoms with Crippen molar-refractivity contribution in [2.45, 2.75) is 38.5 Å². The first-order chi connectivity index (χ1) is 13.8. The van der Waals surface area contributed by atoms with Crippen LogP contribution in [-0.4, -0.2) is 47.3 Å². The van der Waals surface area contributed by atoms with Crippen LogP contribution in [-0.2, 0) is 0 Å². The van der Waals surface area contributed by atoms with Crippen LogP contribution in [0.3, 0.4) is 0 Å². The lowest BCUT2D eigenvalue weighted by Crippen LogP contribution is -2.34. The fraction of sp³-hybridized carbons (Fsp3) is 0.500. The zero-order chi connectivity index (χ0) is 19.2. The molecule has 1 N–H and O–H groups in total. The Morgan fingerprint density at radius 3 is 2.04 bits per heavy atom. The summed E-state index contributed by atoms with van der Waals surface area (Å²) in [5.41, 5.74) is 3.90. The van der Waals surface area contributed by atoms with Crippen LogP contribution in [0.1, 0.15) is 44.1 Å². The summed E-state index contributed by atoms with van der Waals surface area (Å²) >= 11 is 6.03. The average molecular weight is 400 g/mol. The van der Waals surface area contributed by atoms with Gasteiger partial charge < -0.3 is 9.80 Å². The molecule has 2 aromatic rings. The van der Waals surface area contributed by atoms with E-state index >= 15 is 0 Å². The summed E-state index contributed by atoms with van der Waals surface area (Å²) in [4.78, 5) is 18.5. The highest BCUT2D eigenvalue weighted by Gasteiger charge is 2.20. The largest absolute Gasteiger partial charge is 0.341 e. The summed E-state index contributed by atoms with van der Waals surface area (Å²) in [6.07, 6.45) is 8.99. The first-order valence-corrected chi connectivity index (χ1v) is 10.5. The molecule has 3 heterocycles. The van der Waals surface area contributed by atoms with Crippen LogP contribution in [0.5, 0.6) is 0 Å². The van der Waals surface area contributed by atoms with Gasteiger partial charge in [0.15, 0.2) is 0 Å². The van der Waals surface area contributed by atoms with Crippen LogP contribution < -0.4 is 15.2 Å². The Morgan fingerprint density at radius 1 is 0.857 bits per heavy atom. The van der Waals surface area contributed by atoms with Crippen molar-refractivity contribution >= 4 is 35.7 Å². The molecule has 0 spiro atoms. The molecule has 4 rings (SSSR count).